The number of hydrogen-bond donors (Lipinski definition) is 1. The maximum atomic E-state index is 10.9. The van der Waals surface area contributed by atoms with Crippen LogP contribution in [0.3, 0.4) is 0 Å². The summed E-state index contributed by atoms with van der Waals surface area (Å²) in [6.45, 7) is 1.80. The summed E-state index contributed by atoms with van der Waals surface area (Å²) >= 11 is 0. The second-order valence-corrected chi connectivity index (χ2v) is 2.27. The minimum atomic E-state index is -0.150. The van der Waals surface area contributed by atoms with Gasteiger partial charge in [0.25, 0.3) is 5.56 Å². The van der Waals surface area contributed by atoms with Crippen molar-refractivity contribution in [3.05, 3.63) is 28.4 Å². The molecule has 11 heavy (non-hydrogen) atoms. The third kappa shape index (κ3) is 0.813. The molecule has 0 saturated heterocycles. The lowest BCUT2D eigenvalue weighted by atomic mass is 10.4. The van der Waals surface area contributed by atoms with Crippen molar-refractivity contribution in [3.63, 3.8) is 0 Å². The molecule has 5 nitrogen and oxygen atoms in total. The van der Waals surface area contributed by atoms with E-state index in [1.165, 1.54) is 12.4 Å². The molecule has 0 spiro atoms. The second-order valence-electron chi connectivity index (χ2n) is 2.27. The first kappa shape index (κ1) is 6.09. The zero-order chi connectivity index (χ0) is 7.84. The maximum Gasteiger partial charge on any atom is 0.252 e. The van der Waals surface area contributed by atoms with Crippen molar-refractivity contribution in [2.75, 3.05) is 0 Å². The number of H-pyrrole nitrogens is 1. The van der Waals surface area contributed by atoms with Gasteiger partial charge in [-0.05, 0) is 6.92 Å². The lowest BCUT2D eigenvalue weighted by Gasteiger charge is -1.93. The van der Waals surface area contributed by atoms with E-state index in [-0.39, 0.29) is 5.56 Å². The van der Waals surface area contributed by atoms with Gasteiger partial charge in [-0.25, -0.2) is 4.52 Å². The van der Waals surface area contributed by atoms with E-state index in [1.807, 2.05) is 0 Å². The second kappa shape index (κ2) is 1.91. The number of fused-ring (bicyclic) bond motifs is 1. The highest BCUT2D eigenvalue weighted by Gasteiger charge is 1.98. The molecule has 2 aromatic heterocycles. The molecule has 0 saturated carbocycles. The molecule has 0 aliphatic rings. The number of nitrogens with zero attached hydrogens (tertiary/aromatic N) is 3. The zero-order valence-corrected chi connectivity index (χ0v) is 5.90. The summed E-state index contributed by atoms with van der Waals surface area (Å²) in [4.78, 5) is 17.2. The summed E-state index contributed by atoms with van der Waals surface area (Å²) < 4.78 is 1.57. The summed E-state index contributed by atoms with van der Waals surface area (Å²) in [6, 6.07) is 1.47. The van der Waals surface area contributed by atoms with Crippen LogP contribution in [0, 0.1) is 6.92 Å². The van der Waals surface area contributed by atoms with E-state index in [0.717, 1.165) is 5.69 Å². The fraction of sp³-hybridized carbons (Fsp3) is 0.167. The van der Waals surface area contributed by atoms with E-state index in [2.05, 4.69) is 15.1 Å². The molecule has 1 N–H and O–H groups in total. The fourth-order valence-corrected chi connectivity index (χ4v) is 0.982. The molecule has 0 amide bonds. The van der Waals surface area contributed by atoms with Gasteiger partial charge in [-0.3, -0.25) is 9.78 Å². The molecule has 0 aliphatic heterocycles. The van der Waals surface area contributed by atoms with Crippen LogP contribution in [0.4, 0.5) is 0 Å². The lowest BCUT2D eigenvalue weighted by Crippen LogP contribution is -2.09. The molecule has 0 unspecified atom stereocenters. The molecule has 56 valence electrons. The fourth-order valence-electron chi connectivity index (χ4n) is 0.982. The van der Waals surface area contributed by atoms with Crippen molar-refractivity contribution < 1.29 is 0 Å². The molecule has 0 aliphatic carbocycles. The van der Waals surface area contributed by atoms with Gasteiger partial charge < -0.3 is 0 Å². The van der Waals surface area contributed by atoms with E-state index in [9.17, 15) is 4.79 Å². The Bertz CT molecular complexity index is 441. The zero-order valence-electron chi connectivity index (χ0n) is 5.90. The average molecular weight is 150 g/mol. The van der Waals surface area contributed by atoms with Crippen LogP contribution in [0.15, 0.2) is 17.2 Å². The Balaban J connectivity index is 3.02. The van der Waals surface area contributed by atoms with Crippen molar-refractivity contribution in [2.45, 2.75) is 6.92 Å². The normalized spacial score (nSPS) is 10.6. The molecule has 2 aromatic rings. The number of aromatic nitrogens is 4. The predicted molar refractivity (Wildman–Crippen MR) is 38.3 cm³/mol. The predicted octanol–water partition coefficient (Wildman–Crippen LogP) is -0.274. The highest BCUT2D eigenvalue weighted by Crippen LogP contribution is 1.93. The molecule has 0 atom stereocenters. The van der Waals surface area contributed by atoms with Crippen LogP contribution in [0.1, 0.15) is 5.69 Å². The van der Waals surface area contributed by atoms with Gasteiger partial charge in [-0.15, -0.1) is 0 Å². The van der Waals surface area contributed by atoms with E-state index >= 15 is 0 Å². The highest BCUT2D eigenvalue weighted by atomic mass is 16.1. The van der Waals surface area contributed by atoms with Gasteiger partial charge in [0.2, 0.25) is 5.78 Å². The van der Waals surface area contributed by atoms with Crippen molar-refractivity contribution in [1.29, 1.82) is 0 Å². The number of aromatic amines is 1. The third-order valence-electron chi connectivity index (χ3n) is 1.46. The van der Waals surface area contributed by atoms with Crippen LogP contribution in [0.25, 0.3) is 5.78 Å². The summed E-state index contributed by atoms with van der Waals surface area (Å²) in [5.41, 5.74) is 0.629. The van der Waals surface area contributed by atoms with Gasteiger partial charge in [0.15, 0.2) is 0 Å². The molecule has 2 heterocycles. The number of nitrogens with one attached hydrogen (secondary N) is 1. The Morgan fingerprint density at radius 3 is 3.27 bits per heavy atom. The van der Waals surface area contributed by atoms with Crippen molar-refractivity contribution in [2.24, 2.45) is 0 Å². The average Bonchev–Trinajstić information content (AvgIpc) is 2.34. The largest absolute Gasteiger partial charge is 0.291 e. The van der Waals surface area contributed by atoms with E-state index in [0.29, 0.717) is 5.78 Å². The number of hydrogen-bond acceptors (Lipinski definition) is 3. The van der Waals surface area contributed by atoms with E-state index < -0.39 is 0 Å². The van der Waals surface area contributed by atoms with Crippen LogP contribution >= 0.6 is 0 Å². The Hall–Kier alpha value is -1.65. The van der Waals surface area contributed by atoms with Crippen LogP contribution < -0.4 is 5.56 Å². The van der Waals surface area contributed by atoms with Crippen LogP contribution in [-0.4, -0.2) is 19.6 Å². The molecule has 0 bridgehead atoms. The first-order chi connectivity index (χ1) is 5.27. The van der Waals surface area contributed by atoms with Crippen LogP contribution in [-0.2, 0) is 0 Å². The van der Waals surface area contributed by atoms with Crippen LogP contribution in [0.5, 0.6) is 0 Å². The molecule has 2 rings (SSSR count). The third-order valence-corrected chi connectivity index (χ3v) is 1.46. The Morgan fingerprint density at radius 1 is 1.64 bits per heavy atom. The minimum Gasteiger partial charge on any atom is -0.291 e. The Labute approximate surface area is 61.7 Å². The monoisotopic (exact) mass is 150 g/mol. The Kier molecular flexibility index (Phi) is 1.06. The van der Waals surface area contributed by atoms with Crippen LogP contribution in [0.2, 0.25) is 0 Å². The summed E-state index contributed by atoms with van der Waals surface area (Å²) in [6.07, 6.45) is 1.40. The molecular weight excluding hydrogens is 144 g/mol. The van der Waals surface area contributed by atoms with E-state index in [1.54, 1.807) is 11.4 Å². The first-order valence-electron chi connectivity index (χ1n) is 3.17. The molecule has 0 fully saturated rings. The quantitative estimate of drug-likeness (QED) is 0.562. The first-order valence-corrected chi connectivity index (χ1v) is 3.17. The smallest absolute Gasteiger partial charge is 0.252 e. The van der Waals surface area contributed by atoms with Gasteiger partial charge in [0.1, 0.15) is 6.33 Å². The molecule has 0 radical (unpaired) electrons. The Morgan fingerprint density at radius 2 is 2.45 bits per heavy atom. The molecular formula is C6H6N4O. The lowest BCUT2D eigenvalue weighted by molar-refractivity contribution is 0.886. The maximum absolute atomic E-state index is 10.9. The van der Waals surface area contributed by atoms with Crippen molar-refractivity contribution in [3.8, 4) is 0 Å². The highest BCUT2D eigenvalue weighted by molar-refractivity contribution is 5.25. The van der Waals surface area contributed by atoms with Gasteiger partial charge in [-0.2, -0.15) is 10.1 Å². The summed E-state index contributed by atoms with van der Waals surface area (Å²) in [5.74, 6) is 0.481. The van der Waals surface area contributed by atoms with Gasteiger partial charge in [-0.1, -0.05) is 0 Å². The SMILES string of the molecule is Cc1cc(=O)[nH]c2ncnn12. The molecule has 5 heteroatoms. The number of rotatable bonds is 0. The standard InChI is InChI=1S/C6H6N4O/c1-4-2-5(11)9-6-7-3-8-10(4)6/h2-3H,1H3,(H,7,8,9,11). The van der Waals surface area contributed by atoms with Crippen molar-refractivity contribution >= 4 is 5.78 Å². The van der Waals surface area contributed by atoms with E-state index in [4.69, 9.17) is 0 Å². The summed E-state index contributed by atoms with van der Waals surface area (Å²) in [7, 11) is 0. The number of aryl methyl sites for hydroxylation is 1. The molecule has 0 aromatic carbocycles. The topological polar surface area (TPSA) is 63.0 Å². The minimum absolute atomic E-state index is 0.150. The summed E-state index contributed by atoms with van der Waals surface area (Å²) in [5, 5.41) is 3.89. The van der Waals surface area contributed by atoms with Gasteiger partial charge in [0, 0.05) is 11.8 Å². The van der Waals surface area contributed by atoms with Gasteiger partial charge >= 0.3 is 0 Å². The van der Waals surface area contributed by atoms with Gasteiger partial charge in [0.05, 0.1) is 0 Å². The van der Waals surface area contributed by atoms with Crippen molar-refractivity contribution in [1.82, 2.24) is 19.6 Å².